The van der Waals surface area contributed by atoms with Crippen molar-refractivity contribution in [2.45, 2.75) is 32.0 Å². The zero-order chi connectivity index (χ0) is 11.5. The summed E-state index contributed by atoms with van der Waals surface area (Å²) in [5.41, 5.74) is 2.05. The number of amides is 1. The first-order valence-corrected chi connectivity index (χ1v) is 5.38. The molecule has 1 aliphatic heterocycles. The van der Waals surface area contributed by atoms with Gasteiger partial charge in [0.05, 0.1) is 23.8 Å². The van der Waals surface area contributed by atoms with Crippen molar-refractivity contribution in [2.75, 3.05) is 0 Å². The van der Waals surface area contributed by atoms with Crippen LogP contribution in [0.15, 0.2) is 19.0 Å². The Balaban J connectivity index is 1.98. The van der Waals surface area contributed by atoms with Gasteiger partial charge in [-0.15, -0.1) is 6.58 Å². The molecular formula is C11H16N4O. The molecule has 1 amide bonds. The van der Waals surface area contributed by atoms with Crippen molar-refractivity contribution in [3.8, 4) is 0 Å². The highest BCUT2D eigenvalue weighted by Crippen LogP contribution is 2.12. The van der Waals surface area contributed by atoms with E-state index in [0.29, 0.717) is 13.0 Å². The van der Waals surface area contributed by atoms with Crippen LogP contribution >= 0.6 is 0 Å². The van der Waals surface area contributed by atoms with E-state index in [2.05, 4.69) is 27.2 Å². The number of imidazole rings is 1. The fourth-order valence-corrected chi connectivity index (χ4v) is 1.74. The molecule has 1 aromatic rings. The van der Waals surface area contributed by atoms with Gasteiger partial charge in [0, 0.05) is 19.0 Å². The van der Waals surface area contributed by atoms with Crippen LogP contribution in [0.4, 0.5) is 0 Å². The molecule has 0 saturated heterocycles. The monoisotopic (exact) mass is 220 g/mol. The van der Waals surface area contributed by atoms with Crippen LogP contribution in [0, 0.1) is 0 Å². The summed E-state index contributed by atoms with van der Waals surface area (Å²) in [6, 6.07) is -0.201. The number of fused-ring (bicyclic) bond motifs is 1. The number of H-pyrrole nitrogens is 1. The molecule has 2 unspecified atom stereocenters. The first kappa shape index (κ1) is 10.9. The van der Waals surface area contributed by atoms with Gasteiger partial charge in [-0.1, -0.05) is 6.08 Å². The maximum Gasteiger partial charge on any atom is 0.238 e. The predicted octanol–water partition coefficient (Wildman–Crippen LogP) is 0.115. The first-order valence-electron chi connectivity index (χ1n) is 5.38. The number of carbonyl (C=O) groups is 1. The van der Waals surface area contributed by atoms with E-state index in [-0.39, 0.29) is 18.0 Å². The average Bonchev–Trinajstić information content (AvgIpc) is 2.75. The molecule has 0 bridgehead atoms. The van der Waals surface area contributed by atoms with Crippen molar-refractivity contribution in [2.24, 2.45) is 0 Å². The average molecular weight is 220 g/mol. The fraction of sp³-hybridized carbons (Fsp3) is 0.455. The molecule has 3 N–H and O–H groups in total. The van der Waals surface area contributed by atoms with Gasteiger partial charge < -0.3 is 10.3 Å². The third-order valence-electron chi connectivity index (χ3n) is 2.77. The van der Waals surface area contributed by atoms with E-state index >= 15 is 0 Å². The van der Waals surface area contributed by atoms with Crippen LogP contribution in [0.5, 0.6) is 0 Å². The summed E-state index contributed by atoms with van der Waals surface area (Å²) in [5, 5.41) is 6.04. The molecule has 0 aliphatic carbocycles. The Hall–Kier alpha value is -1.62. The SMILES string of the molecule is C=CC(C)NC(=O)C1Cc2nc[nH]c2CN1. The van der Waals surface area contributed by atoms with E-state index in [9.17, 15) is 4.79 Å². The predicted molar refractivity (Wildman–Crippen MR) is 60.7 cm³/mol. The van der Waals surface area contributed by atoms with E-state index in [1.807, 2.05) is 6.92 Å². The highest BCUT2D eigenvalue weighted by atomic mass is 16.2. The van der Waals surface area contributed by atoms with E-state index in [1.165, 1.54) is 0 Å². The molecule has 0 aromatic carbocycles. The summed E-state index contributed by atoms with van der Waals surface area (Å²) in [6.45, 7) is 6.19. The lowest BCUT2D eigenvalue weighted by atomic mass is 10.0. The van der Waals surface area contributed by atoms with Crippen LogP contribution in [-0.4, -0.2) is 28.0 Å². The number of nitrogens with zero attached hydrogens (tertiary/aromatic N) is 1. The van der Waals surface area contributed by atoms with E-state index < -0.39 is 0 Å². The Morgan fingerprint density at radius 3 is 3.38 bits per heavy atom. The quantitative estimate of drug-likeness (QED) is 0.633. The van der Waals surface area contributed by atoms with Gasteiger partial charge in [-0.3, -0.25) is 10.1 Å². The summed E-state index contributed by atoms with van der Waals surface area (Å²) >= 11 is 0. The van der Waals surface area contributed by atoms with Gasteiger partial charge in [0.1, 0.15) is 0 Å². The summed E-state index contributed by atoms with van der Waals surface area (Å²) in [4.78, 5) is 19.1. The summed E-state index contributed by atoms with van der Waals surface area (Å²) < 4.78 is 0. The van der Waals surface area contributed by atoms with Gasteiger partial charge in [-0.05, 0) is 6.92 Å². The molecular weight excluding hydrogens is 204 g/mol. The summed E-state index contributed by atoms with van der Waals surface area (Å²) in [6.07, 6.45) is 4.01. The van der Waals surface area contributed by atoms with Gasteiger partial charge in [-0.2, -0.15) is 0 Å². The zero-order valence-electron chi connectivity index (χ0n) is 9.29. The third-order valence-corrected chi connectivity index (χ3v) is 2.77. The van der Waals surface area contributed by atoms with E-state index in [1.54, 1.807) is 12.4 Å². The fourth-order valence-electron chi connectivity index (χ4n) is 1.74. The van der Waals surface area contributed by atoms with Crippen LogP contribution in [0.1, 0.15) is 18.3 Å². The van der Waals surface area contributed by atoms with Crippen molar-refractivity contribution in [1.82, 2.24) is 20.6 Å². The van der Waals surface area contributed by atoms with Crippen molar-refractivity contribution >= 4 is 5.91 Å². The van der Waals surface area contributed by atoms with Crippen LogP contribution in [-0.2, 0) is 17.8 Å². The number of carbonyl (C=O) groups excluding carboxylic acids is 1. The van der Waals surface area contributed by atoms with Crippen molar-refractivity contribution in [3.05, 3.63) is 30.4 Å². The molecule has 1 aliphatic rings. The largest absolute Gasteiger partial charge is 0.349 e. The Kier molecular flexibility index (Phi) is 3.05. The standard InChI is InChI=1S/C11H16N4O/c1-3-7(2)15-11(16)9-4-8-10(5-12-9)14-6-13-8/h3,6-7,9,12H,1,4-5H2,2H3,(H,13,14)(H,15,16). The van der Waals surface area contributed by atoms with Gasteiger partial charge in [-0.25, -0.2) is 4.98 Å². The molecule has 2 heterocycles. The van der Waals surface area contributed by atoms with Gasteiger partial charge in [0.2, 0.25) is 5.91 Å². The minimum Gasteiger partial charge on any atom is -0.349 e. The van der Waals surface area contributed by atoms with E-state index in [0.717, 1.165) is 11.4 Å². The van der Waals surface area contributed by atoms with E-state index in [4.69, 9.17) is 0 Å². The molecule has 0 fully saturated rings. The maximum absolute atomic E-state index is 11.8. The maximum atomic E-state index is 11.8. The molecule has 5 heteroatoms. The molecule has 16 heavy (non-hydrogen) atoms. The molecule has 0 saturated carbocycles. The lowest BCUT2D eigenvalue weighted by Gasteiger charge is -2.23. The Bertz CT molecular complexity index is 398. The highest BCUT2D eigenvalue weighted by Gasteiger charge is 2.25. The number of aromatic amines is 1. The minimum absolute atomic E-state index is 0.000972. The van der Waals surface area contributed by atoms with Gasteiger partial charge in [0.15, 0.2) is 0 Å². The minimum atomic E-state index is -0.196. The van der Waals surface area contributed by atoms with Crippen LogP contribution in [0.3, 0.4) is 0 Å². The number of nitrogens with one attached hydrogen (secondary N) is 3. The normalized spacial score (nSPS) is 20.9. The molecule has 2 rings (SSSR count). The number of aromatic nitrogens is 2. The second-order valence-corrected chi connectivity index (χ2v) is 4.00. The third kappa shape index (κ3) is 2.14. The van der Waals surface area contributed by atoms with Crippen LogP contribution < -0.4 is 10.6 Å². The molecule has 86 valence electrons. The Labute approximate surface area is 94.3 Å². The van der Waals surface area contributed by atoms with Crippen LogP contribution in [0.25, 0.3) is 0 Å². The van der Waals surface area contributed by atoms with Crippen molar-refractivity contribution in [1.29, 1.82) is 0 Å². The first-order chi connectivity index (χ1) is 7.70. The zero-order valence-corrected chi connectivity index (χ0v) is 9.29. The van der Waals surface area contributed by atoms with Crippen molar-refractivity contribution < 1.29 is 4.79 Å². The lowest BCUT2D eigenvalue weighted by molar-refractivity contribution is -0.123. The Morgan fingerprint density at radius 1 is 1.81 bits per heavy atom. The smallest absolute Gasteiger partial charge is 0.238 e. The molecule has 1 aromatic heterocycles. The molecule has 2 atom stereocenters. The molecule has 0 spiro atoms. The number of rotatable bonds is 3. The van der Waals surface area contributed by atoms with Crippen LogP contribution in [0.2, 0.25) is 0 Å². The molecule has 5 nitrogen and oxygen atoms in total. The second kappa shape index (κ2) is 4.49. The Morgan fingerprint density at radius 2 is 2.62 bits per heavy atom. The van der Waals surface area contributed by atoms with Gasteiger partial charge in [0.25, 0.3) is 0 Å². The van der Waals surface area contributed by atoms with Crippen molar-refractivity contribution in [3.63, 3.8) is 0 Å². The molecule has 0 radical (unpaired) electrons. The topological polar surface area (TPSA) is 69.8 Å². The summed E-state index contributed by atoms with van der Waals surface area (Å²) in [7, 11) is 0. The summed E-state index contributed by atoms with van der Waals surface area (Å²) in [5.74, 6) is 0.000972. The highest BCUT2D eigenvalue weighted by molar-refractivity contribution is 5.82. The van der Waals surface area contributed by atoms with Gasteiger partial charge >= 0.3 is 0 Å². The number of hydrogen-bond acceptors (Lipinski definition) is 3. The second-order valence-electron chi connectivity index (χ2n) is 4.00. The number of hydrogen-bond donors (Lipinski definition) is 3. The lowest BCUT2D eigenvalue weighted by Crippen LogP contribution is -2.49.